The zero-order chi connectivity index (χ0) is 23.0. The van der Waals surface area contributed by atoms with Crippen LogP contribution < -0.4 is 10.6 Å². The number of carbonyl (C=O) groups is 2. The number of hydrogen-bond acceptors (Lipinski definition) is 5. The molecule has 2 N–H and O–H groups in total. The van der Waals surface area contributed by atoms with Crippen molar-refractivity contribution in [3.63, 3.8) is 0 Å². The Kier molecular flexibility index (Phi) is 5.63. The fourth-order valence-corrected chi connectivity index (χ4v) is 4.91. The van der Waals surface area contributed by atoms with Crippen molar-refractivity contribution < 1.29 is 31.2 Å². The molecule has 1 saturated heterocycles. The third-order valence-corrected chi connectivity index (χ3v) is 6.50. The Morgan fingerprint density at radius 3 is 2.62 bits per heavy atom. The Morgan fingerprint density at radius 1 is 1.09 bits per heavy atom. The van der Waals surface area contributed by atoms with Gasteiger partial charge in [-0.1, -0.05) is 12.1 Å². The van der Waals surface area contributed by atoms with Crippen LogP contribution in [-0.2, 0) is 19.6 Å². The highest BCUT2D eigenvalue weighted by Crippen LogP contribution is 2.31. The Hall–Kier alpha value is -3.41. The molecule has 0 saturated carbocycles. The lowest BCUT2D eigenvalue weighted by molar-refractivity contribution is -0.126. The molecule has 2 aliphatic rings. The lowest BCUT2D eigenvalue weighted by Gasteiger charge is -2.25. The number of carbonyl (C=O) groups excluding carboxylic acids is 2. The van der Waals surface area contributed by atoms with Crippen LogP contribution in [0.15, 0.2) is 45.7 Å². The van der Waals surface area contributed by atoms with Gasteiger partial charge in [-0.05, 0) is 37.1 Å². The molecule has 0 spiro atoms. The molecule has 2 aliphatic heterocycles. The van der Waals surface area contributed by atoms with Crippen LogP contribution in [0.3, 0.4) is 0 Å². The molecule has 1 fully saturated rings. The normalized spacial score (nSPS) is 18.8. The Bertz CT molecular complexity index is 1250. The van der Waals surface area contributed by atoms with Crippen molar-refractivity contribution in [2.75, 3.05) is 18.4 Å². The van der Waals surface area contributed by atoms with Gasteiger partial charge in [0.2, 0.25) is 11.8 Å². The number of amidine groups is 1. The molecule has 0 radical (unpaired) electrons. The van der Waals surface area contributed by atoms with Crippen molar-refractivity contribution in [1.29, 1.82) is 0 Å². The van der Waals surface area contributed by atoms with Crippen LogP contribution in [0, 0.1) is 17.5 Å². The fourth-order valence-electron chi connectivity index (χ4n) is 3.69. The minimum absolute atomic E-state index is 0.0639. The molecule has 168 valence electrons. The van der Waals surface area contributed by atoms with E-state index in [1.165, 1.54) is 6.07 Å². The van der Waals surface area contributed by atoms with E-state index in [-0.39, 0.29) is 10.7 Å². The highest BCUT2D eigenvalue weighted by atomic mass is 32.2. The number of benzene rings is 2. The number of nitrogens with one attached hydrogen (secondary N) is 2. The van der Waals surface area contributed by atoms with E-state index in [9.17, 15) is 31.2 Å². The molecule has 2 heterocycles. The summed E-state index contributed by atoms with van der Waals surface area (Å²) in [6, 6.07) is 7.06. The van der Waals surface area contributed by atoms with Gasteiger partial charge in [-0.2, -0.15) is 8.42 Å². The largest absolute Gasteiger partial charge is 0.345 e. The topological polar surface area (TPSA) is 108 Å². The minimum atomic E-state index is -3.85. The molecule has 0 bridgehead atoms. The van der Waals surface area contributed by atoms with Gasteiger partial charge in [0.15, 0.2) is 23.3 Å². The second kappa shape index (κ2) is 8.26. The fraction of sp³-hybridized carbons (Fsp3) is 0.250. The molecule has 12 heteroatoms. The van der Waals surface area contributed by atoms with Gasteiger partial charge in [-0.25, -0.2) is 13.2 Å². The lowest BCUT2D eigenvalue weighted by atomic mass is 10.1. The molecule has 2 aromatic carbocycles. The van der Waals surface area contributed by atoms with Gasteiger partial charge in [0.05, 0.1) is 12.2 Å². The van der Waals surface area contributed by atoms with Gasteiger partial charge < -0.3 is 15.5 Å². The first-order valence-corrected chi connectivity index (χ1v) is 11.0. The monoisotopic (exact) mass is 466 g/mol. The summed E-state index contributed by atoms with van der Waals surface area (Å²) in [6.45, 7) is -0.157. The number of halogens is 3. The second-order valence-corrected chi connectivity index (χ2v) is 8.80. The molecular formula is C20H17F3N4O4S. The van der Waals surface area contributed by atoms with E-state index in [0.29, 0.717) is 31.0 Å². The van der Waals surface area contributed by atoms with Crippen molar-refractivity contribution in [3.8, 4) is 0 Å². The summed E-state index contributed by atoms with van der Waals surface area (Å²) in [5.74, 6) is -5.89. The van der Waals surface area contributed by atoms with Crippen molar-refractivity contribution >= 4 is 33.4 Å². The third-order valence-electron chi connectivity index (χ3n) is 5.17. The van der Waals surface area contributed by atoms with E-state index in [0.717, 1.165) is 6.07 Å². The van der Waals surface area contributed by atoms with E-state index >= 15 is 0 Å². The van der Waals surface area contributed by atoms with Crippen LogP contribution in [0.25, 0.3) is 0 Å². The second-order valence-electron chi connectivity index (χ2n) is 7.23. The molecule has 0 aliphatic carbocycles. The van der Waals surface area contributed by atoms with Crippen LogP contribution >= 0.6 is 0 Å². The van der Waals surface area contributed by atoms with Crippen molar-refractivity contribution in [2.45, 2.75) is 23.8 Å². The molecule has 0 unspecified atom stereocenters. The smallest absolute Gasteiger partial charge is 0.285 e. The average Bonchev–Trinajstić information content (AvgIpc) is 3.35. The molecule has 0 aromatic heterocycles. The minimum Gasteiger partial charge on any atom is -0.345 e. The van der Waals surface area contributed by atoms with E-state index in [2.05, 4.69) is 15.0 Å². The van der Waals surface area contributed by atoms with Crippen molar-refractivity contribution in [1.82, 2.24) is 10.2 Å². The summed E-state index contributed by atoms with van der Waals surface area (Å²) in [6.07, 6.45) is 1.01. The van der Waals surface area contributed by atoms with Crippen LogP contribution in [0.4, 0.5) is 18.9 Å². The summed E-state index contributed by atoms with van der Waals surface area (Å²) in [5, 5.41) is 4.46. The molecule has 32 heavy (non-hydrogen) atoms. The van der Waals surface area contributed by atoms with Gasteiger partial charge >= 0.3 is 0 Å². The Balaban J connectivity index is 1.43. The quantitative estimate of drug-likeness (QED) is 0.668. The molecule has 8 nitrogen and oxygen atoms in total. The number of fused-ring (bicyclic) bond motifs is 1. The third kappa shape index (κ3) is 3.93. The maximum atomic E-state index is 13.7. The van der Waals surface area contributed by atoms with Crippen LogP contribution in [0.1, 0.15) is 18.4 Å². The van der Waals surface area contributed by atoms with E-state index in [4.69, 9.17) is 0 Å². The molecule has 4 rings (SSSR count). The first-order chi connectivity index (χ1) is 15.2. The lowest BCUT2D eigenvalue weighted by Crippen LogP contribution is -2.47. The maximum Gasteiger partial charge on any atom is 0.285 e. The Labute approximate surface area is 181 Å². The summed E-state index contributed by atoms with van der Waals surface area (Å²) >= 11 is 0. The average molecular weight is 466 g/mol. The van der Waals surface area contributed by atoms with Crippen LogP contribution in [0.2, 0.25) is 0 Å². The van der Waals surface area contributed by atoms with Gasteiger partial charge in [0.25, 0.3) is 10.0 Å². The first kappa shape index (κ1) is 21.8. The van der Waals surface area contributed by atoms with Crippen LogP contribution in [0.5, 0.6) is 0 Å². The summed E-state index contributed by atoms with van der Waals surface area (Å²) < 4.78 is 68.4. The number of anilines is 1. The zero-order valence-electron chi connectivity index (χ0n) is 16.4. The van der Waals surface area contributed by atoms with Gasteiger partial charge in [-0.15, -0.1) is 4.40 Å². The Morgan fingerprint density at radius 2 is 1.84 bits per heavy atom. The predicted molar refractivity (Wildman–Crippen MR) is 108 cm³/mol. The van der Waals surface area contributed by atoms with Crippen molar-refractivity contribution in [2.24, 2.45) is 4.40 Å². The molecular weight excluding hydrogens is 449 g/mol. The predicted octanol–water partition coefficient (Wildman–Crippen LogP) is 1.77. The number of amides is 2. The number of likely N-dealkylation sites (tertiary alicyclic amines) is 1. The van der Waals surface area contributed by atoms with Crippen LogP contribution in [-0.4, -0.2) is 50.1 Å². The van der Waals surface area contributed by atoms with Gasteiger partial charge in [-0.3, -0.25) is 9.59 Å². The summed E-state index contributed by atoms with van der Waals surface area (Å²) in [4.78, 5) is 26.4. The number of sulfonamides is 1. The highest BCUT2D eigenvalue weighted by Gasteiger charge is 2.39. The van der Waals surface area contributed by atoms with E-state index in [1.807, 2.05) is 0 Å². The van der Waals surface area contributed by atoms with Gasteiger partial charge in [0, 0.05) is 12.1 Å². The van der Waals surface area contributed by atoms with Crippen molar-refractivity contribution in [3.05, 3.63) is 59.4 Å². The molecule has 2 amide bonds. The SMILES string of the molecule is O=C(CNC(=O)[C@@H]1CCCN1C1=NS(=O)(=O)c2ccccc21)Nc1ccc(F)c(F)c1F. The molecule has 1 atom stereocenters. The summed E-state index contributed by atoms with van der Waals surface area (Å²) in [7, 11) is -3.85. The van der Waals surface area contributed by atoms with Gasteiger partial charge in [0.1, 0.15) is 10.9 Å². The number of nitrogens with zero attached hydrogens (tertiary/aromatic N) is 2. The molecule has 2 aromatic rings. The highest BCUT2D eigenvalue weighted by molar-refractivity contribution is 7.90. The maximum absolute atomic E-state index is 13.7. The summed E-state index contributed by atoms with van der Waals surface area (Å²) in [5.41, 5.74) is -0.161. The number of hydrogen-bond donors (Lipinski definition) is 2. The standard InChI is InChI=1S/C20H17F3N4O4S/c21-12-7-8-13(18(23)17(12)22)25-16(28)10-24-20(29)14-5-3-9-27(14)19-11-4-1-2-6-15(11)32(30,31)26-19/h1-2,4,6-8,14H,3,5,9-10H2,(H,24,29)(H,25,28)/t14-/m0/s1. The first-order valence-electron chi connectivity index (χ1n) is 9.61. The zero-order valence-corrected chi connectivity index (χ0v) is 17.3. The van der Waals surface area contributed by atoms with E-state index < -0.39 is 57.6 Å². The number of rotatable bonds is 4. The van der Waals surface area contributed by atoms with E-state index in [1.54, 1.807) is 23.1 Å².